The zero-order chi connectivity index (χ0) is 17.4. The second-order valence-corrected chi connectivity index (χ2v) is 5.45. The van der Waals surface area contributed by atoms with Crippen LogP contribution in [0.2, 0.25) is 0 Å². The average Bonchev–Trinajstić information content (AvgIpc) is 3.28. The van der Waals surface area contributed by atoms with Crippen LogP contribution in [0.15, 0.2) is 47.1 Å². The number of carbonyl (C=O) groups is 1. The van der Waals surface area contributed by atoms with Gasteiger partial charge in [-0.1, -0.05) is 12.1 Å². The van der Waals surface area contributed by atoms with E-state index in [-0.39, 0.29) is 29.5 Å². The van der Waals surface area contributed by atoms with Crippen molar-refractivity contribution in [3.05, 3.63) is 53.8 Å². The van der Waals surface area contributed by atoms with Gasteiger partial charge in [0, 0.05) is 0 Å². The Morgan fingerprint density at radius 3 is 2.88 bits per heavy atom. The summed E-state index contributed by atoms with van der Waals surface area (Å²) in [4.78, 5) is 12.6. The van der Waals surface area contributed by atoms with E-state index in [4.69, 9.17) is 18.6 Å². The largest absolute Gasteiger partial charge is 0.504 e. The lowest BCUT2D eigenvalue weighted by Crippen LogP contribution is -1.99. The number of ketones is 1. The van der Waals surface area contributed by atoms with Gasteiger partial charge in [-0.2, -0.15) is 0 Å². The van der Waals surface area contributed by atoms with Gasteiger partial charge in [-0.05, 0) is 35.9 Å². The summed E-state index contributed by atoms with van der Waals surface area (Å²) in [5.74, 6) is 1.28. The number of methoxy groups -OCH3 is 1. The molecule has 6 nitrogen and oxygen atoms in total. The summed E-state index contributed by atoms with van der Waals surface area (Å²) in [6, 6.07) is 8.39. The molecule has 0 spiro atoms. The molecule has 1 aromatic heterocycles. The number of rotatable bonds is 4. The highest BCUT2D eigenvalue weighted by Gasteiger charge is 2.19. The predicted molar refractivity (Wildman–Crippen MR) is 90.4 cm³/mol. The normalized spacial score (nSPS) is 12.8. The van der Waals surface area contributed by atoms with Crippen LogP contribution in [0.3, 0.4) is 0 Å². The Morgan fingerprint density at radius 1 is 1.20 bits per heavy atom. The van der Waals surface area contributed by atoms with Gasteiger partial charge in [0.15, 0.2) is 28.6 Å². The van der Waals surface area contributed by atoms with Crippen molar-refractivity contribution >= 4 is 22.8 Å². The Balaban J connectivity index is 1.68. The Bertz CT molecular complexity index is 999. The van der Waals surface area contributed by atoms with Crippen LogP contribution >= 0.6 is 0 Å². The molecule has 0 fully saturated rings. The number of ether oxygens (including phenoxy) is 3. The molecule has 1 N–H and O–H groups in total. The summed E-state index contributed by atoms with van der Waals surface area (Å²) >= 11 is 0. The maximum atomic E-state index is 12.6. The SMILES string of the molecule is COc1c(C(=O)C=Cc2ccc3c(c2)OCO3)cc(O)c2occc12. The molecule has 1 aliphatic rings. The molecule has 0 amide bonds. The molecule has 3 aromatic rings. The molecule has 0 unspecified atom stereocenters. The third-order valence-corrected chi connectivity index (χ3v) is 3.96. The molecule has 4 rings (SSSR count). The fourth-order valence-electron chi connectivity index (χ4n) is 2.78. The maximum absolute atomic E-state index is 12.6. The van der Waals surface area contributed by atoms with Gasteiger partial charge in [-0.25, -0.2) is 0 Å². The smallest absolute Gasteiger partial charge is 0.231 e. The number of fused-ring (bicyclic) bond motifs is 2. The van der Waals surface area contributed by atoms with Gasteiger partial charge < -0.3 is 23.7 Å². The van der Waals surface area contributed by atoms with Crippen molar-refractivity contribution < 1.29 is 28.5 Å². The van der Waals surface area contributed by atoms with Crippen LogP contribution < -0.4 is 14.2 Å². The van der Waals surface area contributed by atoms with Crippen molar-refractivity contribution in [3.8, 4) is 23.0 Å². The molecular weight excluding hydrogens is 324 g/mol. The number of phenolic OH excluding ortho intramolecular Hbond substituents is 1. The number of benzene rings is 2. The lowest BCUT2D eigenvalue weighted by molar-refractivity contribution is 0.104. The lowest BCUT2D eigenvalue weighted by atomic mass is 10.0. The van der Waals surface area contributed by atoms with Gasteiger partial charge in [0.2, 0.25) is 6.79 Å². The highest BCUT2D eigenvalue weighted by molar-refractivity contribution is 6.12. The molecule has 126 valence electrons. The molecule has 6 heteroatoms. The van der Waals surface area contributed by atoms with Gasteiger partial charge >= 0.3 is 0 Å². The van der Waals surface area contributed by atoms with Crippen LogP contribution in [-0.2, 0) is 0 Å². The summed E-state index contributed by atoms with van der Waals surface area (Å²) in [6.07, 6.45) is 4.52. The minimum Gasteiger partial charge on any atom is -0.504 e. The molecule has 0 saturated carbocycles. The van der Waals surface area contributed by atoms with Crippen LogP contribution in [0.4, 0.5) is 0 Å². The first-order chi connectivity index (χ1) is 12.2. The van der Waals surface area contributed by atoms with E-state index in [0.717, 1.165) is 5.56 Å². The van der Waals surface area contributed by atoms with E-state index in [9.17, 15) is 9.90 Å². The molecule has 0 bridgehead atoms. The summed E-state index contributed by atoms with van der Waals surface area (Å²) in [6.45, 7) is 0.197. The monoisotopic (exact) mass is 338 g/mol. The fraction of sp³-hybridized carbons (Fsp3) is 0.105. The van der Waals surface area contributed by atoms with Crippen molar-refractivity contribution in [1.82, 2.24) is 0 Å². The minimum absolute atomic E-state index is 0.111. The van der Waals surface area contributed by atoms with E-state index in [0.29, 0.717) is 22.6 Å². The number of furan rings is 1. The maximum Gasteiger partial charge on any atom is 0.231 e. The quantitative estimate of drug-likeness (QED) is 0.576. The first kappa shape index (κ1) is 15.1. The van der Waals surface area contributed by atoms with Crippen molar-refractivity contribution in [1.29, 1.82) is 0 Å². The van der Waals surface area contributed by atoms with Gasteiger partial charge in [0.25, 0.3) is 0 Å². The standard InChI is InChI=1S/C19H14O6/c1-22-18-12-6-7-23-19(12)15(21)9-13(18)14(20)4-2-11-3-5-16-17(8-11)25-10-24-16/h2-9,21H,10H2,1H3. The zero-order valence-electron chi connectivity index (χ0n) is 13.3. The predicted octanol–water partition coefficient (Wildman–Crippen LogP) is 3.77. The van der Waals surface area contributed by atoms with Crippen molar-refractivity contribution in [3.63, 3.8) is 0 Å². The summed E-state index contributed by atoms with van der Waals surface area (Å²) < 4.78 is 21.1. The van der Waals surface area contributed by atoms with E-state index < -0.39 is 0 Å². The zero-order valence-corrected chi connectivity index (χ0v) is 13.3. The van der Waals surface area contributed by atoms with Crippen LogP contribution in [-0.4, -0.2) is 24.8 Å². The lowest BCUT2D eigenvalue weighted by Gasteiger charge is -2.08. The summed E-state index contributed by atoms with van der Waals surface area (Å²) in [5, 5.41) is 10.6. The van der Waals surface area contributed by atoms with Gasteiger partial charge in [-0.3, -0.25) is 4.79 Å². The van der Waals surface area contributed by atoms with Crippen LogP contribution in [0.1, 0.15) is 15.9 Å². The number of hydrogen-bond donors (Lipinski definition) is 1. The Morgan fingerprint density at radius 2 is 2.04 bits per heavy atom. The second kappa shape index (κ2) is 5.90. The van der Waals surface area contributed by atoms with E-state index in [2.05, 4.69) is 0 Å². The molecular formula is C19H14O6. The number of allylic oxidation sites excluding steroid dienone is 1. The summed E-state index contributed by atoms with van der Waals surface area (Å²) in [5.41, 5.74) is 1.34. The number of hydrogen-bond acceptors (Lipinski definition) is 6. The molecule has 2 aromatic carbocycles. The fourth-order valence-corrected chi connectivity index (χ4v) is 2.78. The van der Waals surface area contributed by atoms with Crippen LogP contribution in [0, 0.1) is 0 Å². The molecule has 0 aliphatic carbocycles. The average molecular weight is 338 g/mol. The second-order valence-electron chi connectivity index (χ2n) is 5.45. The summed E-state index contributed by atoms with van der Waals surface area (Å²) in [7, 11) is 1.47. The Labute approximate surface area is 142 Å². The van der Waals surface area contributed by atoms with Crippen molar-refractivity contribution in [2.45, 2.75) is 0 Å². The Hall–Kier alpha value is -3.41. The molecule has 0 atom stereocenters. The molecule has 0 saturated heterocycles. The van der Waals surface area contributed by atoms with Gasteiger partial charge in [0.1, 0.15) is 5.75 Å². The first-order valence-corrected chi connectivity index (χ1v) is 7.56. The van der Waals surface area contributed by atoms with E-state index >= 15 is 0 Å². The number of phenols is 1. The minimum atomic E-state index is -0.298. The number of aromatic hydroxyl groups is 1. The van der Waals surface area contributed by atoms with Crippen molar-refractivity contribution in [2.24, 2.45) is 0 Å². The highest BCUT2D eigenvalue weighted by atomic mass is 16.7. The molecule has 2 heterocycles. The van der Waals surface area contributed by atoms with Crippen LogP contribution in [0.5, 0.6) is 23.0 Å². The van der Waals surface area contributed by atoms with E-state index in [1.54, 1.807) is 24.3 Å². The van der Waals surface area contributed by atoms with Crippen molar-refractivity contribution in [2.75, 3.05) is 13.9 Å². The third kappa shape index (κ3) is 2.57. The highest BCUT2D eigenvalue weighted by Crippen LogP contribution is 2.37. The molecule has 0 radical (unpaired) electrons. The molecule has 1 aliphatic heterocycles. The molecule has 25 heavy (non-hydrogen) atoms. The van der Waals surface area contributed by atoms with E-state index in [1.165, 1.54) is 25.5 Å². The van der Waals surface area contributed by atoms with Crippen LogP contribution in [0.25, 0.3) is 17.0 Å². The van der Waals surface area contributed by atoms with E-state index in [1.807, 2.05) is 6.07 Å². The topological polar surface area (TPSA) is 78.1 Å². The first-order valence-electron chi connectivity index (χ1n) is 7.56. The van der Waals surface area contributed by atoms with Gasteiger partial charge in [0.05, 0.1) is 24.3 Å². The van der Waals surface area contributed by atoms with Gasteiger partial charge in [-0.15, -0.1) is 0 Å². The Kier molecular flexibility index (Phi) is 3.57. The third-order valence-electron chi connectivity index (χ3n) is 3.96. The number of carbonyl (C=O) groups excluding carboxylic acids is 1.